The molecule has 9 nitrogen and oxygen atoms in total. The van der Waals surface area contributed by atoms with Gasteiger partial charge in [0, 0.05) is 23.6 Å². The van der Waals surface area contributed by atoms with Gasteiger partial charge in [0.05, 0.1) is 19.3 Å². The van der Waals surface area contributed by atoms with Crippen molar-refractivity contribution in [3.8, 4) is 28.5 Å². The lowest BCUT2D eigenvalue weighted by Crippen LogP contribution is -2.19. The number of benzene rings is 1. The van der Waals surface area contributed by atoms with Gasteiger partial charge < -0.3 is 24.3 Å². The summed E-state index contributed by atoms with van der Waals surface area (Å²) in [5.74, 6) is 0.529. The average molecular weight is 511 g/mol. The molecule has 3 heterocycles. The summed E-state index contributed by atoms with van der Waals surface area (Å²) in [5, 5.41) is 9.06. The summed E-state index contributed by atoms with van der Waals surface area (Å²) in [7, 11) is -3.50. The van der Waals surface area contributed by atoms with Crippen LogP contribution in [-0.4, -0.2) is 67.7 Å². The fourth-order valence-electron chi connectivity index (χ4n) is 3.17. The Balaban J connectivity index is 1.62. The highest BCUT2D eigenvalue weighted by atomic mass is 32.2. The number of H-pyrrole nitrogens is 1. The summed E-state index contributed by atoms with van der Waals surface area (Å²) in [6.07, 6.45) is -2.76. The molecule has 1 aliphatic rings. The van der Waals surface area contributed by atoms with Crippen molar-refractivity contribution in [2.75, 3.05) is 26.0 Å². The third-order valence-corrected chi connectivity index (χ3v) is 5.76. The SMILES string of the molecule is CS(=O)(=O)c1ccc(Oc2cc(OCC(F)(F)F)cc(-c3ccc(C4=NCC(CO)O4)[nH]3)c2)cn1. The Morgan fingerprint density at radius 1 is 1.11 bits per heavy atom. The summed E-state index contributed by atoms with van der Waals surface area (Å²) in [4.78, 5) is 11.1. The number of rotatable bonds is 8. The minimum atomic E-state index is -4.54. The van der Waals surface area contributed by atoms with Gasteiger partial charge in [-0.3, -0.25) is 0 Å². The minimum absolute atomic E-state index is 0.0958. The quantitative estimate of drug-likeness (QED) is 0.476. The standard InChI is InChI=1S/C22H20F3N3O6S/c1-35(30,31)20-5-2-14(9-26-20)33-16-7-13(6-15(8-16)32-12-22(23,24)25)18-3-4-19(28-18)21-27-10-17(11-29)34-21/h2-9,17,28-29H,10-12H2,1H3. The maximum absolute atomic E-state index is 12.7. The molecule has 35 heavy (non-hydrogen) atoms. The highest BCUT2D eigenvalue weighted by Gasteiger charge is 2.28. The van der Waals surface area contributed by atoms with E-state index in [-0.39, 0.29) is 28.9 Å². The zero-order valence-corrected chi connectivity index (χ0v) is 19.1. The Bertz CT molecular complexity index is 1340. The van der Waals surface area contributed by atoms with Crippen LogP contribution < -0.4 is 9.47 Å². The largest absolute Gasteiger partial charge is 0.484 e. The van der Waals surface area contributed by atoms with Gasteiger partial charge in [-0.2, -0.15) is 13.2 Å². The molecular weight excluding hydrogens is 491 g/mol. The number of hydrogen-bond acceptors (Lipinski definition) is 8. The summed E-state index contributed by atoms with van der Waals surface area (Å²) in [6.45, 7) is -1.37. The number of aromatic nitrogens is 2. The molecule has 0 amide bonds. The predicted molar refractivity (Wildman–Crippen MR) is 119 cm³/mol. The molecule has 1 atom stereocenters. The van der Waals surface area contributed by atoms with Gasteiger partial charge in [0.25, 0.3) is 0 Å². The molecule has 1 aliphatic heterocycles. The molecular formula is C22H20F3N3O6S. The number of aliphatic hydroxyl groups excluding tert-OH is 1. The third kappa shape index (κ3) is 6.31. The monoisotopic (exact) mass is 511 g/mol. The number of alkyl halides is 3. The van der Waals surface area contributed by atoms with E-state index in [1.54, 1.807) is 18.2 Å². The van der Waals surface area contributed by atoms with Crippen molar-refractivity contribution in [1.29, 1.82) is 0 Å². The molecule has 0 fully saturated rings. The van der Waals surface area contributed by atoms with E-state index < -0.39 is 28.7 Å². The van der Waals surface area contributed by atoms with E-state index >= 15 is 0 Å². The molecule has 4 rings (SSSR count). The molecule has 0 saturated heterocycles. The first-order valence-electron chi connectivity index (χ1n) is 10.2. The highest BCUT2D eigenvalue weighted by Crippen LogP contribution is 2.33. The second-order valence-corrected chi connectivity index (χ2v) is 9.62. The lowest BCUT2D eigenvalue weighted by molar-refractivity contribution is -0.153. The van der Waals surface area contributed by atoms with Gasteiger partial charge in [-0.1, -0.05) is 0 Å². The molecule has 0 saturated carbocycles. The number of hydrogen-bond donors (Lipinski definition) is 2. The van der Waals surface area contributed by atoms with Crippen LogP contribution in [0.3, 0.4) is 0 Å². The maximum Gasteiger partial charge on any atom is 0.422 e. The van der Waals surface area contributed by atoms with Crippen LogP contribution in [0.4, 0.5) is 13.2 Å². The van der Waals surface area contributed by atoms with Crippen LogP contribution in [0.2, 0.25) is 0 Å². The van der Waals surface area contributed by atoms with Crippen molar-refractivity contribution < 1.29 is 40.9 Å². The smallest absolute Gasteiger partial charge is 0.422 e. The molecule has 0 radical (unpaired) electrons. The molecule has 1 aromatic carbocycles. The molecule has 186 valence electrons. The van der Waals surface area contributed by atoms with Crippen LogP contribution in [0.15, 0.2) is 58.7 Å². The highest BCUT2D eigenvalue weighted by molar-refractivity contribution is 7.90. The molecule has 13 heteroatoms. The Morgan fingerprint density at radius 3 is 2.49 bits per heavy atom. The second-order valence-electron chi connectivity index (χ2n) is 7.66. The number of pyridine rings is 1. The van der Waals surface area contributed by atoms with E-state index in [1.165, 1.54) is 30.5 Å². The van der Waals surface area contributed by atoms with Crippen LogP contribution in [0.1, 0.15) is 5.69 Å². The van der Waals surface area contributed by atoms with Gasteiger partial charge in [0.2, 0.25) is 5.90 Å². The second kappa shape index (κ2) is 9.58. The number of aliphatic imine (C=N–C) groups is 1. The Labute approximate surface area is 198 Å². The van der Waals surface area contributed by atoms with Gasteiger partial charge >= 0.3 is 6.18 Å². The lowest BCUT2D eigenvalue weighted by Gasteiger charge is -2.13. The number of nitrogens with zero attached hydrogens (tertiary/aromatic N) is 2. The van der Waals surface area contributed by atoms with E-state index in [4.69, 9.17) is 14.2 Å². The lowest BCUT2D eigenvalue weighted by atomic mass is 10.1. The van der Waals surface area contributed by atoms with Crippen LogP contribution in [0, 0.1) is 0 Å². The summed E-state index contributed by atoms with van der Waals surface area (Å²) >= 11 is 0. The summed E-state index contributed by atoms with van der Waals surface area (Å²) in [5.41, 5.74) is 1.50. The summed E-state index contributed by atoms with van der Waals surface area (Å²) in [6, 6.07) is 10.3. The van der Waals surface area contributed by atoms with E-state index in [0.29, 0.717) is 29.4 Å². The molecule has 1 unspecified atom stereocenters. The van der Waals surface area contributed by atoms with E-state index in [1.807, 2.05) is 0 Å². The molecule has 0 bridgehead atoms. The number of sulfone groups is 1. The number of halogens is 3. The first-order valence-corrected chi connectivity index (χ1v) is 12.1. The molecule has 2 N–H and O–H groups in total. The zero-order valence-electron chi connectivity index (χ0n) is 18.2. The Hall–Kier alpha value is -3.58. The van der Waals surface area contributed by atoms with E-state index in [9.17, 15) is 26.7 Å². The van der Waals surface area contributed by atoms with Crippen molar-refractivity contribution in [3.63, 3.8) is 0 Å². The molecule has 2 aromatic heterocycles. The van der Waals surface area contributed by atoms with Gasteiger partial charge in [-0.25, -0.2) is 18.4 Å². The van der Waals surface area contributed by atoms with Crippen molar-refractivity contribution in [2.24, 2.45) is 4.99 Å². The van der Waals surface area contributed by atoms with Crippen molar-refractivity contribution in [3.05, 3.63) is 54.4 Å². The fraction of sp³-hybridized carbons (Fsp3) is 0.273. The first-order chi connectivity index (χ1) is 16.5. The number of aromatic amines is 1. The van der Waals surface area contributed by atoms with Crippen LogP contribution in [0.25, 0.3) is 11.3 Å². The van der Waals surface area contributed by atoms with Crippen LogP contribution in [0.5, 0.6) is 17.2 Å². The maximum atomic E-state index is 12.7. The minimum Gasteiger partial charge on any atom is -0.484 e. The Morgan fingerprint density at radius 2 is 1.86 bits per heavy atom. The topological polar surface area (TPSA) is 123 Å². The van der Waals surface area contributed by atoms with Crippen molar-refractivity contribution in [2.45, 2.75) is 17.3 Å². The van der Waals surface area contributed by atoms with Gasteiger partial charge in [-0.05, 0) is 36.4 Å². The van der Waals surface area contributed by atoms with Crippen molar-refractivity contribution >= 4 is 15.7 Å². The van der Waals surface area contributed by atoms with Gasteiger partial charge in [0.1, 0.15) is 29.0 Å². The van der Waals surface area contributed by atoms with Gasteiger partial charge in [0.15, 0.2) is 21.5 Å². The Kier molecular flexibility index (Phi) is 6.72. The number of nitrogens with one attached hydrogen (secondary N) is 1. The average Bonchev–Trinajstić information content (AvgIpc) is 3.46. The van der Waals surface area contributed by atoms with E-state index in [2.05, 4.69) is 15.0 Å². The fourth-order valence-corrected chi connectivity index (χ4v) is 3.73. The number of ether oxygens (including phenoxy) is 3. The van der Waals surface area contributed by atoms with Gasteiger partial charge in [-0.15, -0.1) is 0 Å². The summed E-state index contributed by atoms with van der Waals surface area (Å²) < 4.78 is 77.5. The van der Waals surface area contributed by atoms with Crippen molar-refractivity contribution in [1.82, 2.24) is 9.97 Å². The van der Waals surface area contributed by atoms with Crippen LogP contribution in [-0.2, 0) is 14.6 Å². The molecule has 0 aliphatic carbocycles. The first kappa shape index (κ1) is 24.5. The molecule has 3 aromatic rings. The number of aliphatic hydroxyl groups is 1. The molecule has 0 spiro atoms. The zero-order chi connectivity index (χ0) is 25.2. The van der Waals surface area contributed by atoms with E-state index in [0.717, 1.165) is 6.26 Å². The predicted octanol–water partition coefficient (Wildman–Crippen LogP) is 3.35. The normalized spacial score (nSPS) is 16.0. The van der Waals surface area contributed by atoms with Crippen LogP contribution >= 0.6 is 0 Å². The third-order valence-electron chi connectivity index (χ3n) is 4.76.